The van der Waals surface area contributed by atoms with Crippen molar-refractivity contribution in [2.75, 3.05) is 6.61 Å². The van der Waals surface area contributed by atoms with Gasteiger partial charge in [-0.25, -0.2) is 0 Å². The number of carbonyl (C=O) groups excluding carboxylic acids is 1. The minimum absolute atomic E-state index is 0.160. The summed E-state index contributed by atoms with van der Waals surface area (Å²) in [4.78, 5) is 16.2. The maximum absolute atomic E-state index is 11.8. The molecule has 1 aromatic carbocycles. The first-order chi connectivity index (χ1) is 11.7. The van der Waals surface area contributed by atoms with Gasteiger partial charge in [0.15, 0.2) is 0 Å². The van der Waals surface area contributed by atoms with Crippen molar-refractivity contribution in [2.45, 2.75) is 78.2 Å². The molecule has 3 nitrogen and oxygen atoms in total. The summed E-state index contributed by atoms with van der Waals surface area (Å²) in [6.45, 7) is 5.29. The van der Waals surface area contributed by atoms with Crippen LogP contribution in [0, 0.1) is 0 Å². The number of aliphatic imine (C=N–C) groups is 1. The summed E-state index contributed by atoms with van der Waals surface area (Å²) >= 11 is 0. The van der Waals surface area contributed by atoms with Gasteiger partial charge >= 0.3 is 5.97 Å². The summed E-state index contributed by atoms with van der Waals surface area (Å²) in [6.07, 6.45) is 10.3. The topological polar surface area (TPSA) is 38.7 Å². The number of rotatable bonds is 13. The monoisotopic (exact) mass is 331 g/mol. The molecule has 1 rings (SSSR count). The van der Waals surface area contributed by atoms with Crippen LogP contribution >= 0.6 is 0 Å². The van der Waals surface area contributed by atoms with E-state index in [4.69, 9.17) is 4.74 Å². The van der Waals surface area contributed by atoms with Crippen molar-refractivity contribution in [3.8, 4) is 0 Å². The van der Waals surface area contributed by atoms with Gasteiger partial charge in [-0.15, -0.1) is 0 Å². The highest BCUT2D eigenvalue weighted by Crippen LogP contribution is 2.08. The Morgan fingerprint density at radius 2 is 1.58 bits per heavy atom. The second-order valence-corrected chi connectivity index (χ2v) is 6.41. The molecule has 0 aliphatic rings. The molecular weight excluding hydrogens is 298 g/mol. The average Bonchev–Trinajstić information content (AvgIpc) is 2.59. The second kappa shape index (κ2) is 13.8. The molecule has 3 heteroatoms. The van der Waals surface area contributed by atoms with Crippen LogP contribution in [0.2, 0.25) is 0 Å². The lowest BCUT2D eigenvalue weighted by Crippen LogP contribution is -2.10. The normalized spacial score (nSPS) is 11.5. The van der Waals surface area contributed by atoms with Crippen molar-refractivity contribution in [2.24, 2.45) is 4.99 Å². The molecule has 0 radical (unpaired) electrons. The summed E-state index contributed by atoms with van der Waals surface area (Å²) in [5.74, 6) is -0.160. The molecular formula is C21H33NO2. The predicted molar refractivity (Wildman–Crippen MR) is 101 cm³/mol. The molecule has 0 amide bonds. The number of benzene rings is 1. The Morgan fingerprint density at radius 3 is 2.25 bits per heavy atom. The number of esters is 1. The molecule has 0 aromatic heterocycles. The van der Waals surface area contributed by atoms with E-state index >= 15 is 0 Å². The fourth-order valence-electron chi connectivity index (χ4n) is 2.55. The van der Waals surface area contributed by atoms with Gasteiger partial charge in [-0.1, -0.05) is 82.2 Å². The standard InChI is InChI=1S/C21H33NO2/c1-3-4-5-6-7-8-9-13-16-24-21(23)17-19(2)22-18-20-14-11-10-12-15-20/h10-12,14-15H,3-9,13,16-18H2,1-2H3. The van der Waals surface area contributed by atoms with Gasteiger partial charge in [0.1, 0.15) is 0 Å². The van der Waals surface area contributed by atoms with Crippen LogP contribution in [-0.4, -0.2) is 18.3 Å². The molecule has 0 aliphatic heterocycles. The minimum atomic E-state index is -0.160. The number of hydrogen-bond donors (Lipinski definition) is 0. The molecule has 134 valence electrons. The van der Waals surface area contributed by atoms with Crippen molar-refractivity contribution in [1.82, 2.24) is 0 Å². The fourth-order valence-corrected chi connectivity index (χ4v) is 2.55. The lowest BCUT2D eigenvalue weighted by atomic mass is 10.1. The third-order valence-corrected chi connectivity index (χ3v) is 4.04. The summed E-state index contributed by atoms with van der Waals surface area (Å²) in [7, 11) is 0. The van der Waals surface area contributed by atoms with Crippen LogP contribution in [0.25, 0.3) is 0 Å². The third-order valence-electron chi connectivity index (χ3n) is 4.04. The maximum Gasteiger partial charge on any atom is 0.311 e. The van der Waals surface area contributed by atoms with Crippen molar-refractivity contribution >= 4 is 11.7 Å². The fraction of sp³-hybridized carbons (Fsp3) is 0.619. The Balaban J connectivity index is 2.03. The quantitative estimate of drug-likeness (QED) is 0.263. The van der Waals surface area contributed by atoms with Crippen molar-refractivity contribution in [1.29, 1.82) is 0 Å². The number of nitrogens with zero attached hydrogens (tertiary/aromatic N) is 1. The third kappa shape index (κ3) is 11.0. The van der Waals surface area contributed by atoms with Gasteiger partial charge in [0, 0.05) is 5.71 Å². The van der Waals surface area contributed by atoms with Gasteiger partial charge < -0.3 is 4.74 Å². The van der Waals surface area contributed by atoms with Gasteiger partial charge in [0.05, 0.1) is 19.6 Å². The lowest BCUT2D eigenvalue weighted by molar-refractivity contribution is -0.142. The SMILES string of the molecule is CCCCCCCCCCOC(=O)CC(C)=NCc1ccccc1. The molecule has 1 aromatic rings. The smallest absolute Gasteiger partial charge is 0.311 e. The summed E-state index contributed by atoms with van der Waals surface area (Å²) in [6, 6.07) is 10.1. The van der Waals surface area contributed by atoms with Gasteiger partial charge in [-0.2, -0.15) is 0 Å². The van der Waals surface area contributed by atoms with Gasteiger partial charge in [0.2, 0.25) is 0 Å². The Kier molecular flexibility index (Phi) is 11.7. The number of carbonyl (C=O) groups is 1. The first kappa shape index (κ1) is 20.4. The van der Waals surface area contributed by atoms with E-state index in [1.54, 1.807) is 0 Å². The highest BCUT2D eigenvalue weighted by Gasteiger charge is 2.05. The molecule has 0 saturated heterocycles. The summed E-state index contributed by atoms with van der Waals surface area (Å²) < 4.78 is 5.29. The number of ether oxygens (including phenoxy) is 1. The van der Waals surface area contributed by atoms with E-state index in [9.17, 15) is 4.79 Å². The highest BCUT2D eigenvalue weighted by atomic mass is 16.5. The van der Waals surface area contributed by atoms with Crippen LogP contribution in [0.3, 0.4) is 0 Å². The Hall–Kier alpha value is -1.64. The molecule has 0 saturated carbocycles. The molecule has 0 fully saturated rings. The van der Waals surface area contributed by atoms with Crippen LogP contribution < -0.4 is 0 Å². The van der Waals surface area contributed by atoms with Crippen LogP contribution in [0.5, 0.6) is 0 Å². The molecule has 0 unspecified atom stereocenters. The van der Waals surface area contributed by atoms with Crippen LogP contribution in [0.4, 0.5) is 0 Å². The summed E-state index contributed by atoms with van der Waals surface area (Å²) in [5, 5.41) is 0. The van der Waals surface area contributed by atoms with Gasteiger partial charge in [-0.05, 0) is 18.9 Å². The largest absolute Gasteiger partial charge is 0.465 e. The van der Waals surface area contributed by atoms with Crippen LogP contribution in [0.1, 0.15) is 77.2 Å². The van der Waals surface area contributed by atoms with Crippen molar-refractivity contribution in [3.63, 3.8) is 0 Å². The first-order valence-corrected chi connectivity index (χ1v) is 9.42. The zero-order valence-electron chi connectivity index (χ0n) is 15.4. The molecule has 24 heavy (non-hydrogen) atoms. The average molecular weight is 332 g/mol. The van der Waals surface area contributed by atoms with E-state index in [2.05, 4.69) is 11.9 Å². The van der Waals surface area contributed by atoms with E-state index in [0.717, 1.165) is 24.1 Å². The Labute approximate surface area is 147 Å². The Morgan fingerprint density at radius 1 is 0.958 bits per heavy atom. The molecule has 0 atom stereocenters. The number of hydrogen-bond acceptors (Lipinski definition) is 3. The van der Waals surface area contributed by atoms with E-state index in [1.165, 1.54) is 38.5 Å². The minimum Gasteiger partial charge on any atom is -0.465 e. The molecule has 0 aliphatic carbocycles. The van der Waals surface area contributed by atoms with E-state index < -0.39 is 0 Å². The molecule has 0 bridgehead atoms. The van der Waals surface area contributed by atoms with E-state index in [1.807, 2.05) is 37.3 Å². The predicted octanol–water partition coefficient (Wildman–Crippen LogP) is 5.72. The van der Waals surface area contributed by atoms with Crippen molar-refractivity contribution in [3.05, 3.63) is 35.9 Å². The second-order valence-electron chi connectivity index (χ2n) is 6.41. The summed E-state index contributed by atoms with van der Waals surface area (Å²) in [5.41, 5.74) is 1.99. The Bertz CT molecular complexity index is 468. The first-order valence-electron chi connectivity index (χ1n) is 9.42. The maximum atomic E-state index is 11.8. The van der Waals surface area contributed by atoms with Gasteiger partial charge in [-0.3, -0.25) is 9.79 Å². The van der Waals surface area contributed by atoms with Gasteiger partial charge in [0.25, 0.3) is 0 Å². The zero-order chi connectivity index (χ0) is 17.5. The van der Waals surface area contributed by atoms with Crippen LogP contribution in [0.15, 0.2) is 35.3 Å². The highest BCUT2D eigenvalue weighted by molar-refractivity contribution is 5.97. The molecule has 0 N–H and O–H groups in total. The van der Waals surface area contributed by atoms with Crippen molar-refractivity contribution < 1.29 is 9.53 Å². The lowest BCUT2D eigenvalue weighted by Gasteiger charge is -2.05. The number of unbranched alkanes of at least 4 members (excludes halogenated alkanes) is 7. The molecule has 0 heterocycles. The van der Waals surface area contributed by atoms with Crippen LogP contribution in [-0.2, 0) is 16.1 Å². The zero-order valence-corrected chi connectivity index (χ0v) is 15.4. The molecule has 0 spiro atoms. The van der Waals surface area contributed by atoms with E-state index in [0.29, 0.717) is 19.6 Å². The van der Waals surface area contributed by atoms with E-state index in [-0.39, 0.29) is 5.97 Å².